The summed E-state index contributed by atoms with van der Waals surface area (Å²) < 4.78 is 14.3. The van der Waals surface area contributed by atoms with E-state index >= 15 is 0 Å². The molecule has 1 N–H and O–H groups in total. The average molecular weight is 470 g/mol. The van der Waals surface area contributed by atoms with Gasteiger partial charge in [0.2, 0.25) is 5.91 Å². The number of carbonyl (C=O) groups is 1. The molecule has 0 aromatic carbocycles. The van der Waals surface area contributed by atoms with Crippen molar-refractivity contribution >= 4 is 11.7 Å². The van der Waals surface area contributed by atoms with Gasteiger partial charge >= 0.3 is 0 Å². The van der Waals surface area contributed by atoms with Crippen LogP contribution in [0.2, 0.25) is 0 Å². The van der Waals surface area contributed by atoms with E-state index in [1.54, 1.807) is 6.20 Å². The Balaban J connectivity index is 0.00000158. The van der Waals surface area contributed by atoms with Gasteiger partial charge in [0.25, 0.3) is 0 Å². The molecule has 8 nitrogen and oxygen atoms in total. The summed E-state index contributed by atoms with van der Waals surface area (Å²) in [6, 6.07) is 0.359. The van der Waals surface area contributed by atoms with E-state index in [1.807, 2.05) is 32.0 Å². The molecule has 0 bridgehead atoms. The highest BCUT2D eigenvalue weighted by Crippen LogP contribution is 2.27. The van der Waals surface area contributed by atoms with Gasteiger partial charge in [-0.05, 0) is 38.7 Å². The number of nitrogens with one attached hydrogen (secondary N) is 1. The van der Waals surface area contributed by atoms with E-state index in [2.05, 4.69) is 48.0 Å². The first-order chi connectivity index (χ1) is 16.7. The second-order valence-electron chi connectivity index (χ2n) is 8.37. The summed E-state index contributed by atoms with van der Waals surface area (Å²) in [5.74, 6) is 6.11. The average Bonchev–Trinajstić information content (AvgIpc) is 3.37. The Morgan fingerprint density at radius 3 is 2.53 bits per heavy atom. The number of likely N-dealkylation sites (tertiary alicyclic amines) is 1. The molecule has 2 aromatic heterocycles. The number of hydrogen-bond donors (Lipinski definition) is 1. The molecule has 0 unspecified atom stereocenters. The molecule has 2 fully saturated rings. The van der Waals surface area contributed by atoms with Crippen molar-refractivity contribution in [1.82, 2.24) is 30.0 Å². The van der Waals surface area contributed by atoms with Crippen molar-refractivity contribution in [2.45, 2.75) is 52.1 Å². The van der Waals surface area contributed by atoms with Crippen LogP contribution in [0.25, 0.3) is 0 Å². The van der Waals surface area contributed by atoms with E-state index < -0.39 is 6.67 Å². The van der Waals surface area contributed by atoms with Crippen molar-refractivity contribution in [3.05, 3.63) is 36.0 Å². The fraction of sp³-hybridized carbons (Fsp3) is 0.600. The Morgan fingerprint density at radius 2 is 1.85 bits per heavy atom. The predicted octanol–water partition coefficient (Wildman–Crippen LogP) is 2.82. The Labute approximate surface area is 201 Å². The zero-order valence-electron chi connectivity index (χ0n) is 20.5. The van der Waals surface area contributed by atoms with Gasteiger partial charge in [0, 0.05) is 50.4 Å². The first kappa shape index (κ1) is 25.6. The standard InChI is InChI=1S/C23H30FN7O.C2H6/c1-25-13-18-14-27-31(17-18)21-6-11-30(12-7-21)23(32)19-4-9-29(10-5-19)22-16-26-15-20(28-22)3-2-8-24;1-2/h14-17,19,21,25H,4-13H2,1H3;1-2H3. The van der Waals surface area contributed by atoms with Crippen LogP contribution in [0, 0.1) is 17.8 Å². The summed E-state index contributed by atoms with van der Waals surface area (Å²) in [4.78, 5) is 25.9. The zero-order chi connectivity index (χ0) is 24.3. The third kappa shape index (κ3) is 6.54. The monoisotopic (exact) mass is 469 g/mol. The highest BCUT2D eigenvalue weighted by atomic mass is 19.1. The first-order valence-electron chi connectivity index (χ1n) is 12.3. The Morgan fingerprint density at radius 1 is 1.12 bits per heavy atom. The van der Waals surface area contributed by atoms with Crippen molar-refractivity contribution < 1.29 is 9.18 Å². The lowest BCUT2D eigenvalue weighted by atomic mass is 9.94. The smallest absolute Gasteiger partial charge is 0.225 e. The first-order valence-corrected chi connectivity index (χ1v) is 12.3. The number of hydrogen-bond acceptors (Lipinski definition) is 6. The molecule has 184 valence electrons. The molecule has 0 radical (unpaired) electrons. The molecule has 34 heavy (non-hydrogen) atoms. The number of halogens is 1. The Kier molecular flexibility index (Phi) is 9.83. The molecule has 2 aliphatic heterocycles. The van der Waals surface area contributed by atoms with Crippen molar-refractivity contribution in [3.63, 3.8) is 0 Å². The number of aromatic nitrogens is 4. The summed E-state index contributed by atoms with van der Waals surface area (Å²) in [5.41, 5.74) is 1.65. The minimum absolute atomic E-state index is 0.0530. The third-order valence-electron chi connectivity index (χ3n) is 6.26. The van der Waals surface area contributed by atoms with Gasteiger partial charge in [-0.15, -0.1) is 0 Å². The van der Waals surface area contributed by atoms with Crippen LogP contribution in [0.1, 0.15) is 56.8 Å². The van der Waals surface area contributed by atoms with E-state index in [4.69, 9.17) is 0 Å². The van der Waals surface area contributed by atoms with Crippen LogP contribution in [0.3, 0.4) is 0 Å². The number of anilines is 1. The van der Waals surface area contributed by atoms with Crippen molar-refractivity contribution in [2.24, 2.45) is 5.92 Å². The van der Waals surface area contributed by atoms with Crippen molar-refractivity contribution in [3.8, 4) is 11.8 Å². The van der Waals surface area contributed by atoms with Gasteiger partial charge < -0.3 is 15.1 Å². The molecule has 0 atom stereocenters. The summed E-state index contributed by atoms with van der Waals surface area (Å²) in [7, 11) is 1.93. The summed E-state index contributed by atoms with van der Waals surface area (Å²) in [6.45, 7) is 7.19. The van der Waals surface area contributed by atoms with Crippen LogP contribution in [-0.2, 0) is 11.3 Å². The molecule has 4 rings (SSSR count). The van der Waals surface area contributed by atoms with E-state index in [1.165, 1.54) is 11.8 Å². The van der Waals surface area contributed by atoms with Crippen LogP contribution in [-0.4, -0.2) is 70.5 Å². The van der Waals surface area contributed by atoms with Crippen LogP contribution in [0.4, 0.5) is 10.2 Å². The minimum Gasteiger partial charge on any atom is -0.355 e. The summed E-state index contributed by atoms with van der Waals surface area (Å²) in [6.07, 6.45) is 10.7. The molecule has 0 saturated carbocycles. The van der Waals surface area contributed by atoms with Gasteiger partial charge in [0.05, 0.1) is 24.6 Å². The van der Waals surface area contributed by atoms with Crippen LogP contribution in [0.15, 0.2) is 24.8 Å². The van der Waals surface area contributed by atoms with E-state index in [-0.39, 0.29) is 11.8 Å². The number of alkyl halides is 1. The van der Waals surface area contributed by atoms with Crippen molar-refractivity contribution in [1.29, 1.82) is 0 Å². The number of nitrogens with zero attached hydrogens (tertiary/aromatic N) is 6. The number of rotatable bonds is 5. The highest BCUT2D eigenvalue weighted by molar-refractivity contribution is 5.79. The van der Waals surface area contributed by atoms with Gasteiger partial charge in [-0.1, -0.05) is 19.8 Å². The fourth-order valence-electron chi connectivity index (χ4n) is 4.53. The predicted molar refractivity (Wildman–Crippen MR) is 131 cm³/mol. The summed E-state index contributed by atoms with van der Waals surface area (Å²) >= 11 is 0. The molecule has 2 aliphatic rings. The lowest BCUT2D eigenvalue weighted by molar-refractivity contribution is -0.137. The largest absolute Gasteiger partial charge is 0.355 e. The quantitative estimate of drug-likeness (QED) is 0.679. The second kappa shape index (κ2) is 13.0. The topological polar surface area (TPSA) is 79.2 Å². The van der Waals surface area contributed by atoms with Gasteiger partial charge in [0.1, 0.15) is 11.5 Å². The van der Waals surface area contributed by atoms with Crippen molar-refractivity contribution in [2.75, 3.05) is 44.8 Å². The molecule has 0 aliphatic carbocycles. The molecule has 0 spiro atoms. The Bertz CT molecular complexity index is 967. The third-order valence-corrected chi connectivity index (χ3v) is 6.26. The van der Waals surface area contributed by atoms with Gasteiger partial charge in [-0.25, -0.2) is 9.37 Å². The molecular weight excluding hydrogens is 433 g/mol. The molecule has 9 heteroatoms. The maximum atomic E-state index is 13.1. The highest BCUT2D eigenvalue weighted by Gasteiger charge is 2.31. The van der Waals surface area contributed by atoms with E-state index in [0.717, 1.165) is 64.2 Å². The number of amides is 1. The molecular formula is C25H36FN7O. The van der Waals surface area contributed by atoms with Gasteiger partial charge in [-0.2, -0.15) is 5.10 Å². The molecule has 4 heterocycles. The lowest BCUT2D eigenvalue weighted by Gasteiger charge is -2.37. The van der Waals surface area contributed by atoms with Gasteiger partial charge in [0.15, 0.2) is 6.67 Å². The molecule has 1 amide bonds. The Hall–Kier alpha value is -2.99. The fourth-order valence-corrected chi connectivity index (χ4v) is 4.53. The maximum absolute atomic E-state index is 13.1. The minimum atomic E-state index is -0.698. The van der Waals surface area contributed by atoms with Crippen LogP contribution < -0.4 is 10.2 Å². The molecule has 2 aromatic rings. The van der Waals surface area contributed by atoms with Gasteiger partial charge in [-0.3, -0.25) is 14.5 Å². The number of carbonyl (C=O) groups excluding carboxylic acids is 1. The summed E-state index contributed by atoms with van der Waals surface area (Å²) in [5, 5.41) is 7.65. The van der Waals surface area contributed by atoms with E-state index in [0.29, 0.717) is 11.7 Å². The zero-order valence-corrected chi connectivity index (χ0v) is 20.5. The number of piperidine rings is 2. The maximum Gasteiger partial charge on any atom is 0.225 e. The molecule has 2 saturated heterocycles. The lowest BCUT2D eigenvalue weighted by Crippen LogP contribution is -2.46. The van der Waals surface area contributed by atoms with E-state index in [9.17, 15) is 9.18 Å². The van der Waals surface area contributed by atoms with Crippen LogP contribution in [0.5, 0.6) is 0 Å². The second-order valence-corrected chi connectivity index (χ2v) is 8.37. The van der Waals surface area contributed by atoms with Crippen LogP contribution >= 0.6 is 0 Å². The SMILES string of the molecule is CC.CNCc1cnn(C2CCN(C(=O)C3CCN(c4cncc(C#CCF)n4)CC3)CC2)c1. The normalized spacial score (nSPS) is 16.9.